The van der Waals surface area contributed by atoms with Crippen molar-refractivity contribution < 1.29 is 9.53 Å². The Kier molecular flexibility index (Phi) is 2.98. The van der Waals surface area contributed by atoms with Gasteiger partial charge >= 0.3 is 6.03 Å². The minimum Gasteiger partial charge on any atom is -0.378 e. The summed E-state index contributed by atoms with van der Waals surface area (Å²) >= 11 is 0. The number of rotatable bonds is 1. The third-order valence-electron chi connectivity index (χ3n) is 2.33. The molecule has 2 N–H and O–H groups in total. The first-order valence-corrected chi connectivity index (χ1v) is 4.93. The monoisotopic (exact) mass is 210 g/mol. The van der Waals surface area contributed by atoms with Gasteiger partial charge in [0, 0.05) is 25.8 Å². The van der Waals surface area contributed by atoms with E-state index in [0.29, 0.717) is 32.8 Å². The van der Waals surface area contributed by atoms with Crippen molar-refractivity contribution in [1.82, 2.24) is 14.7 Å². The first kappa shape index (κ1) is 10.1. The predicted molar refractivity (Wildman–Crippen MR) is 53.3 cm³/mol. The molecular weight excluding hydrogens is 196 g/mol. The lowest BCUT2D eigenvalue weighted by molar-refractivity contribution is 0.0528. The van der Waals surface area contributed by atoms with E-state index in [2.05, 4.69) is 5.10 Å². The largest absolute Gasteiger partial charge is 0.378 e. The van der Waals surface area contributed by atoms with Crippen LogP contribution in [-0.4, -0.2) is 47.0 Å². The van der Waals surface area contributed by atoms with Gasteiger partial charge < -0.3 is 15.4 Å². The Morgan fingerprint density at radius 1 is 1.53 bits per heavy atom. The highest BCUT2D eigenvalue weighted by atomic mass is 16.5. The minimum absolute atomic E-state index is 0.113. The molecule has 2 rings (SSSR count). The minimum atomic E-state index is -0.113. The van der Waals surface area contributed by atoms with Crippen molar-refractivity contribution in [3.05, 3.63) is 18.0 Å². The summed E-state index contributed by atoms with van der Waals surface area (Å²) in [5, 5.41) is 4.06. The Labute approximate surface area is 87.6 Å². The fourth-order valence-corrected chi connectivity index (χ4v) is 1.48. The molecule has 0 unspecified atom stereocenters. The molecule has 0 aromatic carbocycles. The zero-order chi connectivity index (χ0) is 10.7. The smallest absolute Gasteiger partial charge is 0.344 e. The van der Waals surface area contributed by atoms with E-state index in [9.17, 15) is 4.79 Å². The van der Waals surface area contributed by atoms with Gasteiger partial charge in [0.05, 0.1) is 18.9 Å². The van der Waals surface area contributed by atoms with Gasteiger partial charge in [-0.3, -0.25) is 0 Å². The molecule has 1 aromatic heterocycles. The second kappa shape index (κ2) is 4.41. The molecule has 1 aliphatic heterocycles. The zero-order valence-corrected chi connectivity index (χ0v) is 8.43. The first-order chi connectivity index (χ1) is 7.31. The van der Waals surface area contributed by atoms with Gasteiger partial charge in [0.15, 0.2) is 0 Å². The van der Waals surface area contributed by atoms with Crippen LogP contribution in [0.3, 0.4) is 0 Å². The molecule has 0 saturated carbocycles. The standard InChI is InChI=1S/C9H14N4O2/c10-7-8-1-2-13(11-8)9(14)12-3-5-15-6-4-12/h1-2H,3-7,10H2. The number of carbonyl (C=O) groups excluding carboxylic acids is 1. The fourth-order valence-electron chi connectivity index (χ4n) is 1.48. The molecule has 1 saturated heterocycles. The van der Waals surface area contributed by atoms with Gasteiger partial charge in [0.1, 0.15) is 0 Å². The summed E-state index contributed by atoms with van der Waals surface area (Å²) in [6, 6.07) is 1.64. The summed E-state index contributed by atoms with van der Waals surface area (Å²) in [6.45, 7) is 2.78. The number of carbonyl (C=O) groups is 1. The molecular formula is C9H14N4O2. The van der Waals surface area contributed by atoms with E-state index in [1.807, 2.05) is 0 Å². The molecule has 15 heavy (non-hydrogen) atoms. The highest BCUT2D eigenvalue weighted by molar-refractivity contribution is 5.76. The maximum absolute atomic E-state index is 11.9. The van der Waals surface area contributed by atoms with Crippen LogP contribution in [0.1, 0.15) is 5.69 Å². The summed E-state index contributed by atoms with van der Waals surface area (Å²) < 4.78 is 6.50. The summed E-state index contributed by atoms with van der Waals surface area (Å²) in [5.74, 6) is 0. The van der Waals surface area contributed by atoms with E-state index in [1.165, 1.54) is 4.68 Å². The van der Waals surface area contributed by atoms with Gasteiger partial charge in [-0.25, -0.2) is 4.79 Å². The number of morpholine rings is 1. The number of amides is 1. The van der Waals surface area contributed by atoms with Crippen LogP contribution in [-0.2, 0) is 11.3 Å². The van der Waals surface area contributed by atoms with Gasteiger partial charge in [-0.15, -0.1) is 0 Å². The van der Waals surface area contributed by atoms with Crippen molar-refractivity contribution in [2.45, 2.75) is 6.54 Å². The van der Waals surface area contributed by atoms with Crippen molar-refractivity contribution in [3.8, 4) is 0 Å². The summed E-state index contributed by atoms with van der Waals surface area (Å²) in [4.78, 5) is 13.6. The Hall–Kier alpha value is -1.40. The molecule has 0 atom stereocenters. The molecule has 6 nitrogen and oxygen atoms in total. The van der Waals surface area contributed by atoms with Gasteiger partial charge in [0.25, 0.3) is 0 Å². The van der Waals surface area contributed by atoms with Gasteiger partial charge in [0.2, 0.25) is 0 Å². The maximum Gasteiger partial charge on any atom is 0.344 e. The SMILES string of the molecule is NCc1ccn(C(=O)N2CCOCC2)n1. The Balaban J connectivity index is 2.05. The Bertz CT molecular complexity index is 344. The zero-order valence-electron chi connectivity index (χ0n) is 8.43. The maximum atomic E-state index is 11.9. The summed E-state index contributed by atoms with van der Waals surface area (Å²) in [6.07, 6.45) is 1.64. The molecule has 1 aliphatic rings. The van der Waals surface area contributed by atoms with Crippen LogP contribution in [0.2, 0.25) is 0 Å². The summed E-state index contributed by atoms with van der Waals surface area (Å²) in [5.41, 5.74) is 6.14. The number of hydrogen-bond donors (Lipinski definition) is 1. The van der Waals surface area contributed by atoms with Crippen molar-refractivity contribution in [3.63, 3.8) is 0 Å². The van der Waals surface area contributed by atoms with Crippen LogP contribution in [0.4, 0.5) is 4.79 Å². The normalized spacial score (nSPS) is 16.7. The number of ether oxygens (including phenoxy) is 1. The molecule has 2 heterocycles. The van der Waals surface area contributed by atoms with Gasteiger partial charge in [-0.2, -0.15) is 9.78 Å². The number of nitrogens with two attached hydrogens (primary N) is 1. The van der Waals surface area contributed by atoms with Crippen molar-refractivity contribution >= 4 is 6.03 Å². The molecule has 0 spiro atoms. The second-order valence-electron chi connectivity index (χ2n) is 3.34. The van der Waals surface area contributed by atoms with Crippen molar-refractivity contribution in [1.29, 1.82) is 0 Å². The lowest BCUT2D eigenvalue weighted by Crippen LogP contribution is -2.43. The van der Waals surface area contributed by atoms with Crippen molar-refractivity contribution in [2.24, 2.45) is 5.73 Å². The average Bonchev–Trinajstić information content (AvgIpc) is 2.78. The van der Waals surface area contributed by atoms with Crippen LogP contribution >= 0.6 is 0 Å². The Morgan fingerprint density at radius 2 is 2.27 bits per heavy atom. The molecule has 82 valence electrons. The van der Waals surface area contributed by atoms with E-state index in [4.69, 9.17) is 10.5 Å². The first-order valence-electron chi connectivity index (χ1n) is 4.93. The third kappa shape index (κ3) is 2.16. The van der Waals surface area contributed by atoms with E-state index < -0.39 is 0 Å². The predicted octanol–water partition coefficient (Wildman–Crippen LogP) is -0.358. The van der Waals surface area contributed by atoms with Gasteiger partial charge in [-0.05, 0) is 6.07 Å². The number of nitrogens with zero attached hydrogens (tertiary/aromatic N) is 3. The molecule has 1 amide bonds. The number of hydrogen-bond acceptors (Lipinski definition) is 4. The molecule has 1 aromatic rings. The van der Waals surface area contributed by atoms with Crippen LogP contribution in [0.5, 0.6) is 0 Å². The summed E-state index contributed by atoms with van der Waals surface area (Å²) in [7, 11) is 0. The average molecular weight is 210 g/mol. The van der Waals surface area contributed by atoms with Gasteiger partial charge in [-0.1, -0.05) is 0 Å². The fraction of sp³-hybridized carbons (Fsp3) is 0.556. The highest BCUT2D eigenvalue weighted by Crippen LogP contribution is 2.02. The van der Waals surface area contributed by atoms with Crippen LogP contribution in [0, 0.1) is 0 Å². The lowest BCUT2D eigenvalue weighted by Gasteiger charge is -2.26. The van der Waals surface area contributed by atoms with Crippen molar-refractivity contribution in [2.75, 3.05) is 26.3 Å². The molecule has 0 bridgehead atoms. The van der Waals surface area contributed by atoms with Crippen LogP contribution in [0.25, 0.3) is 0 Å². The van der Waals surface area contributed by atoms with E-state index >= 15 is 0 Å². The highest BCUT2D eigenvalue weighted by Gasteiger charge is 2.18. The molecule has 1 fully saturated rings. The van der Waals surface area contributed by atoms with E-state index in [0.717, 1.165) is 5.69 Å². The quantitative estimate of drug-likeness (QED) is 0.687. The van der Waals surface area contributed by atoms with E-state index in [1.54, 1.807) is 17.2 Å². The third-order valence-corrected chi connectivity index (χ3v) is 2.33. The molecule has 0 radical (unpaired) electrons. The Morgan fingerprint density at radius 3 is 2.87 bits per heavy atom. The van der Waals surface area contributed by atoms with E-state index in [-0.39, 0.29) is 6.03 Å². The van der Waals surface area contributed by atoms with Crippen LogP contribution in [0.15, 0.2) is 12.3 Å². The van der Waals surface area contributed by atoms with Crippen LogP contribution < -0.4 is 5.73 Å². The number of aromatic nitrogens is 2. The molecule has 6 heteroatoms. The lowest BCUT2D eigenvalue weighted by atomic mass is 10.4. The topological polar surface area (TPSA) is 73.4 Å². The molecule has 0 aliphatic carbocycles. The second-order valence-corrected chi connectivity index (χ2v) is 3.34.